The molecule has 1 fully saturated rings. The minimum absolute atomic E-state index is 0.0922. The van der Waals surface area contributed by atoms with Crippen LogP contribution in [-0.4, -0.2) is 67.6 Å². The van der Waals surface area contributed by atoms with E-state index < -0.39 is 0 Å². The van der Waals surface area contributed by atoms with E-state index in [9.17, 15) is 9.59 Å². The van der Waals surface area contributed by atoms with Crippen LogP contribution in [0.3, 0.4) is 0 Å². The van der Waals surface area contributed by atoms with Gasteiger partial charge in [-0.05, 0) is 29.1 Å². The number of nitrogens with one attached hydrogen (secondary N) is 1. The van der Waals surface area contributed by atoms with Crippen LogP contribution in [0.4, 0.5) is 0 Å². The summed E-state index contributed by atoms with van der Waals surface area (Å²) in [5, 5.41) is 6.48. The second kappa shape index (κ2) is 9.28. The molecular formula is C21H25N3O4S. The van der Waals surface area contributed by atoms with Gasteiger partial charge in [-0.15, -0.1) is 0 Å². The summed E-state index contributed by atoms with van der Waals surface area (Å²) in [7, 11) is 0. The molecule has 4 rings (SSSR count). The molecule has 0 saturated carbocycles. The van der Waals surface area contributed by atoms with Crippen LogP contribution >= 0.6 is 11.3 Å². The van der Waals surface area contributed by atoms with Crippen LogP contribution in [0.5, 0.6) is 11.5 Å². The SMILES string of the molecule is O=C(NCCC(=O)N1CCN(Cc2ccc3c(c2)OCCO3)CC1)c1ccsc1. The van der Waals surface area contributed by atoms with Crippen LogP contribution in [0.1, 0.15) is 22.3 Å². The van der Waals surface area contributed by atoms with Gasteiger partial charge in [0.2, 0.25) is 5.91 Å². The van der Waals surface area contributed by atoms with Gasteiger partial charge in [0.15, 0.2) is 11.5 Å². The van der Waals surface area contributed by atoms with Gasteiger partial charge in [0.25, 0.3) is 5.91 Å². The average molecular weight is 416 g/mol. The van der Waals surface area contributed by atoms with E-state index in [4.69, 9.17) is 9.47 Å². The van der Waals surface area contributed by atoms with Gasteiger partial charge in [-0.3, -0.25) is 14.5 Å². The fourth-order valence-electron chi connectivity index (χ4n) is 3.54. The van der Waals surface area contributed by atoms with Gasteiger partial charge in [-0.25, -0.2) is 0 Å². The highest BCUT2D eigenvalue weighted by atomic mass is 32.1. The third-order valence-electron chi connectivity index (χ3n) is 5.15. The molecule has 0 aliphatic carbocycles. The van der Waals surface area contributed by atoms with E-state index in [-0.39, 0.29) is 11.8 Å². The van der Waals surface area contributed by atoms with E-state index in [1.807, 2.05) is 22.4 Å². The molecule has 29 heavy (non-hydrogen) atoms. The maximum atomic E-state index is 12.4. The molecule has 1 N–H and O–H groups in total. The maximum Gasteiger partial charge on any atom is 0.252 e. The first kappa shape index (κ1) is 19.7. The zero-order chi connectivity index (χ0) is 20.1. The molecular weight excluding hydrogens is 390 g/mol. The van der Waals surface area contributed by atoms with Crippen LogP contribution in [0.2, 0.25) is 0 Å². The number of hydrogen-bond acceptors (Lipinski definition) is 6. The number of nitrogens with zero attached hydrogens (tertiary/aromatic N) is 2. The third-order valence-corrected chi connectivity index (χ3v) is 5.83. The number of piperazine rings is 1. The van der Waals surface area contributed by atoms with Gasteiger partial charge in [0, 0.05) is 56.6 Å². The van der Waals surface area contributed by atoms with Crippen LogP contribution in [0.25, 0.3) is 0 Å². The number of carbonyl (C=O) groups excluding carboxylic acids is 2. The molecule has 0 atom stereocenters. The van der Waals surface area contributed by atoms with Crippen molar-refractivity contribution in [3.8, 4) is 11.5 Å². The van der Waals surface area contributed by atoms with E-state index in [2.05, 4.69) is 16.3 Å². The number of rotatable bonds is 6. The molecule has 0 radical (unpaired) electrons. The number of ether oxygens (including phenoxy) is 2. The summed E-state index contributed by atoms with van der Waals surface area (Å²) >= 11 is 1.48. The van der Waals surface area contributed by atoms with Gasteiger partial charge in [0.05, 0.1) is 0 Å². The zero-order valence-corrected chi connectivity index (χ0v) is 17.1. The normalized spacial score (nSPS) is 16.5. The van der Waals surface area contributed by atoms with Crippen LogP contribution in [-0.2, 0) is 11.3 Å². The fraction of sp³-hybridized carbons (Fsp3) is 0.429. The molecule has 1 saturated heterocycles. The monoisotopic (exact) mass is 415 g/mol. The average Bonchev–Trinajstić information content (AvgIpc) is 3.29. The van der Waals surface area contributed by atoms with Crippen LogP contribution < -0.4 is 14.8 Å². The molecule has 1 aromatic heterocycles. The van der Waals surface area contributed by atoms with E-state index >= 15 is 0 Å². The lowest BCUT2D eigenvalue weighted by atomic mass is 10.1. The summed E-state index contributed by atoms with van der Waals surface area (Å²) in [6.45, 7) is 5.47. The highest BCUT2D eigenvalue weighted by Crippen LogP contribution is 2.31. The van der Waals surface area contributed by atoms with Gasteiger partial charge in [-0.1, -0.05) is 6.07 Å². The lowest BCUT2D eigenvalue weighted by molar-refractivity contribution is -0.132. The van der Waals surface area contributed by atoms with Crippen molar-refractivity contribution in [3.05, 3.63) is 46.2 Å². The number of hydrogen-bond donors (Lipinski definition) is 1. The summed E-state index contributed by atoms with van der Waals surface area (Å²) in [6, 6.07) is 7.86. The van der Waals surface area contributed by atoms with Crippen molar-refractivity contribution in [2.75, 3.05) is 45.9 Å². The summed E-state index contributed by atoms with van der Waals surface area (Å²) < 4.78 is 11.2. The second-order valence-electron chi connectivity index (χ2n) is 7.15. The Hall–Kier alpha value is -2.58. The van der Waals surface area contributed by atoms with Gasteiger partial charge >= 0.3 is 0 Å². The van der Waals surface area contributed by atoms with E-state index in [1.54, 1.807) is 11.4 Å². The Kier molecular flexibility index (Phi) is 6.31. The van der Waals surface area contributed by atoms with Crippen molar-refractivity contribution in [1.82, 2.24) is 15.1 Å². The summed E-state index contributed by atoms with van der Waals surface area (Å²) in [6.07, 6.45) is 0.331. The highest BCUT2D eigenvalue weighted by Gasteiger charge is 2.21. The molecule has 0 unspecified atom stereocenters. The Labute approximate surface area is 174 Å². The van der Waals surface area contributed by atoms with Crippen molar-refractivity contribution in [2.45, 2.75) is 13.0 Å². The molecule has 8 heteroatoms. The van der Waals surface area contributed by atoms with Crippen molar-refractivity contribution < 1.29 is 19.1 Å². The molecule has 3 heterocycles. The van der Waals surface area contributed by atoms with Gasteiger partial charge < -0.3 is 19.7 Å². The maximum absolute atomic E-state index is 12.4. The highest BCUT2D eigenvalue weighted by molar-refractivity contribution is 7.08. The fourth-order valence-corrected chi connectivity index (χ4v) is 4.17. The van der Waals surface area contributed by atoms with E-state index in [0.29, 0.717) is 44.8 Å². The van der Waals surface area contributed by atoms with E-state index in [1.165, 1.54) is 16.9 Å². The lowest BCUT2D eigenvalue weighted by Gasteiger charge is -2.35. The number of fused-ring (bicyclic) bond motifs is 1. The molecule has 0 bridgehead atoms. The van der Waals surface area contributed by atoms with Crippen molar-refractivity contribution in [3.63, 3.8) is 0 Å². The summed E-state index contributed by atoms with van der Waals surface area (Å²) in [5.74, 6) is 1.59. The largest absolute Gasteiger partial charge is 0.486 e. The Morgan fingerprint density at radius 1 is 1.03 bits per heavy atom. The Balaban J connectivity index is 1.19. The molecule has 2 aromatic rings. The summed E-state index contributed by atoms with van der Waals surface area (Å²) in [5.41, 5.74) is 1.83. The molecule has 2 aliphatic rings. The minimum Gasteiger partial charge on any atom is -0.486 e. The number of thiophene rings is 1. The first-order valence-corrected chi connectivity index (χ1v) is 10.8. The number of benzene rings is 1. The summed E-state index contributed by atoms with van der Waals surface area (Å²) in [4.78, 5) is 28.6. The molecule has 7 nitrogen and oxygen atoms in total. The first-order valence-electron chi connectivity index (χ1n) is 9.88. The molecule has 0 spiro atoms. The van der Waals surface area contributed by atoms with Crippen molar-refractivity contribution >= 4 is 23.2 Å². The van der Waals surface area contributed by atoms with Gasteiger partial charge in [0.1, 0.15) is 13.2 Å². The molecule has 154 valence electrons. The predicted molar refractivity (Wildman–Crippen MR) is 111 cm³/mol. The van der Waals surface area contributed by atoms with Crippen LogP contribution in [0.15, 0.2) is 35.0 Å². The standard InChI is InChI=1S/C21H25N3O4S/c25-20(3-5-22-21(26)17-4-12-29-15-17)24-8-6-23(7-9-24)14-16-1-2-18-19(13-16)28-11-10-27-18/h1-2,4,12-13,15H,3,5-11,14H2,(H,22,26). The molecule has 2 amide bonds. The van der Waals surface area contributed by atoms with E-state index in [0.717, 1.165) is 31.1 Å². The van der Waals surface area contributed by atoms with Crippen molar-refractivity contribution in [1.29, 1.82) is 0 Å². The Morgan fingerprint density at radius 2 is 1.83 bits per heavy atom. The minimum atomic E-state index is -0.122. The number of carbonyl (C=O) groups is 2. The zero-order valence-electron chi connectivity index (χ0n) is 16.3. The number of amides is 2. The Bertz CT molecular complexity index is 848. The molecule has 2 aliphatic heterocycles. The van der Waals surface area contributed by atoms with Gasteiger partial charge in [-0.2, -0.15) is 11.3 Å². The molecule has 1 aromatic carbocycles. The third kappa shape index (κ3) is 5.07. The quantitative estimate of drug-likeness (QED) is 0.781. The van der Waals surface area contributed by atoms with Crippen LogP contribution in [0, 0.1) is 0 Å². The predicted octanol–water partition coefficient (Wildman–Crippen LogP) is 1.98. The second-order valence-corrected chi connectivity index (χ2v) is 7.93. The topological polar surface area (TPSA) is 71.1 Å². The smallest absolute Gasteiger partial charge is 0.252 e. The Morgan fingerprint density at radius 3 is 2.59 bits per heavy atom. The van der Waals surface area contributed by atoms with Crippen molar-refractivity contribution in [2.24, 2.45) is 0 Å². The lowest BCUT2D eigenvalue weighted by Crippen LogP contribution is -2.48. The first-order chi connectivity index (χ1) is 14.2.